The highest BCUT2D eigenvalue weighted by atomic mass is 32.2. The molecule has 0 spiro atoms. The summed E-state index contributed by atoms with van der Waals surface area (Å²) in [5.41, 5.74) is 1.26. The minimum Gasteiger partial charge on any atom is -0.322 e. The lowest BCUT2D eigenvalue weighted by Crippen LogP contribution is -2.30. The van der Waals surface area contributed by atoms with E-state index in [0.717, 1.165) is 0 Å². The van der Waals surface area contributed by atoms with E-state index >= 15 is 0 Å². The van der Waals surface area contributed by atoms with Crippen LogP contribution < -0.4 is 10.0 Å². The van der Waals surface area contributed by atoms with Gasteiger partial charge < -0.3 is 5.32 Å². The quantitative estimate of drug-likeness (QED) is 0.871. The summed E-state index contributed by atoms with van der Waals surface area (Å²) in [5, 5.41) is 11.5. The van der Waals surface area contributed by atoms with Crippen molar-refractivity contribution >= 4 is 21.6 Å². The average Bonchev–Trinajstić information content (AvgIpc) is 2.54. The van der Waals surface area contributed by atoms with Crippen LogP contribution in [0.15, 0.2) is 53.4 Å². The molecule has 0 radical (unpaired) electrons. The van der Waals surface area contributed by atoms with Crippen LogP contribution in [0.3, 0.4) is 0 Å². The summed E-state index contributed by atoms with van der Waals surface area (Å²) >= 11 is 0. The predicted octanol–water partition coefficient (Wildman–Crippen LogP) is 2.50. The molecular weight excluding hydrogens is 326 g/mol. The third-order valence-corrected chi connectivity index (χ3v) is 4.74. The fraction of sp³-hybridized carbons (Fsp3) is 0.176. The van der Waals surface area contributed by atoms with E-state index in [2.05, 4.69) is 10.0 Å². The number of nitrogens with one attached hydrogen (secondary N) is 2. The highest BCUT2D eigenvalue weighted by Gasteiger charge is 2.16. The Morgan fingerprint density at radius 3 is 2.38 bits per heavy atom. The lowest BCUT2D eigenvalue weighted by molar-refractivity contribution is 0.102. The third-order valence-electron chi connectivity index (χ3n) is 3.07. The standard InChI is InChI=1S/C17H17N3O3S/c1-12(2)20-24(22,23)16-8-6-14(7-9-16)17(21)19-15-5-3-4-13(10-15)11-18/h3-10,12,20H,1-2H3,(H,19,21). The number of anilines is 1. The van der Waals surface area contributed by atoms with Crippen LogP contribution in [0.25, 0.3) is 0 Å². The Bertz CT molecular complexity index is 882. The van der Waals surface area contributed by atoms with E-state index in [0.29, 0.717) is 16.8 Å². The van der Waals surface area contributed by atoms with Crippen LogP contribution in [0, 0.1) is 11.3 Å². The van der Waals surface area contributed by atoms with E-state index in [-0.39, 0.29) is 16.8 Å². The van der Waals surface area contributed by atoms with Crippen LogP contribution in [0.4, 0.5) is 5.69 Å². The highest BCUT2D eigenvalue weighted by Crippen LogP contribution is 2.14. The number of carbonyl (C=O) groups excluding carboxylic acids is 1. The van der Waals surface area contributed by atoms with E-state index in [4.69, 9.17) is 5.26 Å². The second-order valence-corrected chi connectivity index (χ2v) is 7.16. The third kappa shape index (κ3) is 4.41. The maximum Gasteiger partial charge on any atom is 0.255 e. The normalized spacial score (nSPS) is 11.1. The van der Waals surface area contributed by atoms with Crippen molar-refractivity contribution in [1.29, 1.82) is 5.26 Å². The van der Waals surface area contributed by atoms with Gasteiger partial charge in [-0.25, -0.2) is 13.1 Å². The molecule has 0 aliphatic rings. The van der Waals surface area contributed by atoms with Crippen molar-refractivity contribution in [2.24, 2.45) is 0 Å². The molecule has 124 valence electrons. The summed E-state index contributed by atoms with van der Waals surface area (Å²) in [4.78, 5) is 12.3. The van der Waals surface area contributed by atoms with Gasteiger partial charge in [0.25, 0.3) is 5.91 Å². The first-order chi connectivity index (χ1) is 11.3. The molecule has 0 bridgehead atoms. The van der Waals surface area contributed by atoms with Gasteiger partial charge >= 0.3 is 0 Å². The Morgan fingerprint density at radius 2 is 1.79 bits per heavy atom. The summed E-state index contributed by atoms with van der Waals surface area (Å²) < 4.78 is 26.6. The van der Waals surface area contributed by atoms with Crippen molar-refractivity contribution in [3.05, 3.63) is 59.7 Å². The molecule has 6 nitrogen and oxygen atoms in total. The van der Waals surface area contributed by atoms with Crippen LogP contribution in [0.2, 0.25) is 0 Å². The van der Waals surface area contributed by atoms with Crippen molar-refractivity contribution < 1.29 is 13.2 Å². The van der Waals surface area contributed by atoms with Gasteiger partial charge in [-0.3, -0.25) is 4.79 Å². The summed E-state index contributed by atoms with van der Waals surface area (Å²) in [6, 6.07) is 14.0. The first-order valence-corrected chi connectivity index (χ1v) is 8.74. The molecule has 2 aromatic carbocycles. The minimum atomic E-state index is -3.59. The van der Waals surface area contributed by atoms with Gasteiger partial charge in [0.1, 0.15) is 0 Å². The number of nitrogens with zero attached hydrogens (tertiary/aromatic N) is 1. The van der Waals surface area contributed by atoms with Gasteiger partial charge in [-0.1, -0.05) is 6.07 Å². The van der Waals surface area contributed by atoms with Gasteiger partial charge in [-0.15, -0.1) is 0 Å². The first-order valence-electron chi connectivity index (χ1n) is 7.26. The first kappa shape index (κ1) is 17.7. The number of amides is 1. The van der Waals surface area contributed by atoms with Gasteiger partial charge in [0.2, 0.25) is 10.0 Å². The molecular formula is C17H17N3O3S. The molecule has 1 amide bonds. The maximum absolute atomic E-state index is 12.2. The van der Waals surface area contributed by atoms with Crippen molar-refractivity contribution in [3.8, 4) is 6.07 Å². The highest BCUT2D eigenvalue weighted by molar-refractivity contribution is 7.89. The zero-order valence-corrected chi connectivity index (χ0v) is 14.1. The number of hydrogen-bond donors (Lipinski definition) is 2. The molecule has 2 rings (SSSR count). The number of hydrogen-bond acceptors (Lipinski definition) is 4. The SMILES string of the molecule is CC(C)NS(=O)(=O)c1ccc(C(=O)Nc2cccc(C#N)c2)cc1. The molecule has 7 heteroatoms. The van der Waals surface area contributed by atoms with Crippen LogP contribution in [-0.4, -0.2) is 20.4 Å². The van der Waals surface area contributed by atoms with Crippen molar-refractivity contribution in [2.75, 3.05) is 5.32 Å². The molecule has 0 heterocycles. The van der Waals surface area contributed by atoms with E-state index < -0.39 is 10.0 Å². The van der Waals surface area contributed by atoms with Gasteiger partial charge in [-0.05, 0) is 56.3 Å². The molecule has 0 aliphatic carbocycles. The fourth-order valence-corrected chi connectivity index (χ4v) is 3.28. The number of sulfonamides is 1. The number of carbonyl (C=O) groups is 1. The lowest BCUT2D eigenvalue weighted by atomic mass is 10.2. The fourth-order valence-electron chi connectivity index (χ4n) is 2.03. The smallest absolute Gasteiger partial charge is 0.255 e. The predicted molar refractivity (Wildman–Crippen MR) is 91.0 cm³/mol. The molecule has 2 N–H and O–H groups in total. The molecule has 0 aliphatic heterocycles. The summed E-state index contributed by atoms with van der Waals surface area (Å²) in [7, 11) is -3.59. The Morgan fingerprint density at radius 1 is 1.12 bits per heavy atom. The molecule has 0 saturated heterocycles. The second-order valence-electron chi connectivity index (χ2n) is 5.45. The Labute approximate surface area is 141 Å². The summed E-state index contributed by atoms with van der Waals surface area (Å²) in [6.07, 6.45) is 0. The zero-order chi connectivity index (χ0) is 17.7. The van der Waals surface area contributed by atoms with Crippen molar-refractivity contribution in [1.82, 2.24) is 4.72 Å². The van der Waals surface area contributed by atoms with Gasteiger partial charge in [0.15, 0.2) is 0 Å². The molecule has 0 unspecified atom stereocenters. The molecule has 24 heavy (non-hydrogen) atoms. The largest absolute Gasteiger partial charge is 0.322 e. The number of benzene rings is 2. The van der Waals surface area contributed by atoms with Gasteiger partial charge in [0.05, 0.1) is 16.5 Å². The van der Waals surface area contributed by atoms with Crippen LogP contribution in [0.1, 0.15) is 29.8 Å². The van der Waals surface area contributed by atoms with Crippen LogP contribution in [0.5, 0.6) is 0 Å². The molecule has 0 aromatic heterocycles. The maximum atomic E-state index is 12.2. The Balaban J connectivity index is 2.15. The van der Waals surface area contributed by atoms with Gasteiger partial charge in [0, 0.05) is 17.3 Å². The van der Waals surface area contributed by atoms with Crippen molar-refractivity contribution in [3.63, 3.8) is 0 Å². The molecule has 0 fully saturated rings. The number of rotatable bonds is 5. The van der Waals surface area contributed by atoms with Crippen LogP contribution >= 0.6 is 0 Å². The van der Waals surface area contributed by atoms with E-state index in [1.165, 1.54) is 24.3 Å². The molecule has 0 saturated carbocycles. The van der Waals surface area contributed by atoms with E-state index in [9.17, 15) is 13.2 Å². The molecule has 2 aromatic rings. The number of nitriles is 1. The van der Waals surface area contributed by atoms with Crippen molar-refractivity contribution in [2.45, 2.75) is 24.8 Å². The van der Waals surface area contributed by atoms with E-state index in [1.807, 2.05) is 6.07 Å². The topological polar surface area (TPSA) is 99.1 Å². The Hall–Kier alpha value is -2.69. The zero-order valence-electron chi connectivity index (χ0n) is 13.3. The molecule has 0 atom stereocenters. The average molecular weight is 343 g/mol. The summed E-state index contributed by atoms with van der Waals surface area (Å²) in [5.74, 6) is -0.383. The van der Waals surface area contributed by atoms with Gasteiger partial charge in [-0.2, -0.15) is 5.26 Å². The van der Waals surface area contributed by atoms with Crippen LogP contribution in [-0.2, 0) is 10.0 Å². The second kappa shape index (κ2) is 7.25. The Kier molecular flexibility index (Phi) is 5.34. The monoisotopic (exact) mass is 343 g/mol. The lowest BCUT2D eigenvalue weighted by Gasteiger charge is -2.10. The summed E-state index contributed by atoms with van der Waals surface area (Å²) in [6.45, 7) is 3.46. The van der Waals surface area contributed by atoms with E-state index in [1.54, 1.807) is 38.1 Å². The minimum absolute atomic E-state index is 0.0965.